The summed E-state index contributed by atoms with van der Waals surface area (Å²) in [5.41, 5.74) is 0.529. The number of nitrogens with one attached hydrogen (secondary N) is 1. The molecule has 4 rings (SSSR count). The van der Waals surface area contributed by atoms with E-state index in [0.29, 0.717) is 11.3 Å². The van der Waals surface area contributed by atoms with Crippen molar-refractivity contribution in [2.75, 3.05) is 5.32 Å². The van der Waals surface area contributed by atoms with Crippen molar-refractivity contribution in [3.63, 3.8) is 0 Å². The number of aromatic nitrogens is 1. The number of hydrogen-bond donors (Lipinski definition) is 2. The molecular weight excluding hydrogens is 484 g/mol. The Labute approximate surface area is 197 Å². The second kappa shape index (κ2) is 8.95. The molecule has 170 valence electrons. The van der Waals surface area contributed by atoms with Crippen molar-refractivity contribution in [1.82, 2.24) is 4.98 Å². The highest BCUT2D eigenvalue weighted by molar-refractivity contribution is 7.86. The Kier molecular flexibility index (Phi) is 6.04. The summed E-state index contributed by atoms with van der Waals surface area (Å²) in [4.78, 5) is 14.3. The van der Waals surface area contributed by atoms with Crippen molar-refractivity contribution in [2.45, 2.75) is 4.90 Å². The van der Waals surface area contributed by atoms with Crippen LogP contribution in [0.4, 0.5) is 17.1 Å². The van der Waals surface area contributed by atoms with Gasteiger partial charge in [0.05, 0.1) is 27.4 Å². The fourth-order valence-corrected chi connectivity index (χ4v) is 4.25. The van der Waals surface area contributed by atoms with Crippen molar-refractivity contribution in [2.24, 2.45) is 0 Å². The van der Waals surface area contributed by atoms with E-state index in [-0.39, 0.29) is 33.8 Å². The standard InChI is InChI=1S/C22H13ClN4O6S/c23-20-19(34(30,31)32)9-8-18(22(20)33-15-4-2-1-3-5-15)26-21-13(11-24)12-25-17-7-6-14(27(28)29)10-16(17)21/h1-10,12H,(H,25,26)(H,30,31,32). The number of benzene rings is 3. The molecule has 0 saturated carbocycles. The predicted octanol–water partition coefficient (Wildman–Crippen LogP) is 5.45. The number of nitro groups is 1. The number of halogens is 1. The smallest absolute Gasteiger partial charge is 0.296 e. The van der Waals surface area contributed by atoms with E-state index >= 15 is 0 Å². The number of ether oxygens (including phenoxy) is 1. The van der Waals surface area contributed by atoms with Crippen molar-refractivity contribution in [3.8, 4) is 17.6 Å². The molecule has 0 saturated heterocycles. The van der Waals surface area contributed by atoms with Crippen molar-refractivity contribution in [3.05, 3.63) is 87.6 Å². The van der Waals surface area contributed by atoms with E-state index < -0.39 is 25.0 Å². The van der Waals surface area contributed by atoms with Gasteiger partial charge in [0.15, 0.2) is 5.75 Å². The first kappa shape index (κ1) is 22.9. The molecule has 0 fully saturated rings. The first-order chi connectivity index (χ1) is 16.2. The zero-order valence-corrected chi connectivity index (χ0v) is 18.5. The Morgan fingerprint density at radius 3 is 2.53 bits per heavy atom. The second-order valence-corrected chi connectivity index (χ2v) is 8.65. The number of para-hydroxylation sites is 1. The largest absolute Gasteiger partial charge is 0.454 e. The highest BCUT2D eigenvalue weighted by Gasteiger charge is 2.23. The zero-order chi connectivity index (χ0) is 24.5. The lowest BCUT2D eigenvalue weighted by Gasteiger charge is -2.17. The highest BCUT2D eigenvalue weighted by Crippen LogP contribution is 2.43. The minimum Gasteiger partial charge on any atom is -0.454 e. The maximum Gasteiger partial charge on any atom is 0.296 e. The summed E-state index contributed by atoms with van der Waals surface area (Å²) in [6, 6.07) is 16.6. The van der Waals surface area contributed by atoms with Crippen LogP contribution >= 0.6 is 11.6 Å². The average molecular weight is 497 g/mol. The predicted molar refractivity (Wildman–Crippen MR) is 124 cm³/mol. The van der Waals surface area contributed by atoms with E-state index in [2.05, 4.69) is 10.3 Å². The number of fused-ring (bicyclic) bond motifs is 1. The molecule has 2 N–H and O–H groups in total. The zero-order valence-electron chi connectivity index (χ0n) is 17.0. The van der Waals surface area contributed by atoms with Gasteiger partial charge in [-0.15, -0.1) is 0 Å². The molecule has 0 aliphatic carbocycles. The fourth-order valence-electron chi connectivity index (χ4n) is 3.19. The summed E-state index contributed by atoms with van der Waals surface area (Å²) in [6.07, 6.45) is 1.29. The van der Waals surface area contributed by atoms with Crippen LogP contribution in [0.3, 0.4) is 0 Å². The molecule has 0 aliphatic heterocycles. The summed E-state index contributed by atoms with van der Waals surface area (Å²) in [6.45, 7) is 0. The summed E-state index contributed by atoms with van der Waals surface area (Å²) in [5.74, 6) is 0.165. The topological polar surface area (TPSA) is 155 Å². The number of nitriles is 1. The number of anilines is 2. The lowest BCUT2D eigenvalue weighted by atomic mass is 10.1. The minimum absolute atomic E-state index is 0.0636. The van der Waals surface area contributed by atoms with Crippen molar-refractivity contribution >= 4 is 49.7 Å². The van der Waals surface area contributed by atoms with Gasteiger partial charge in [0, 0.05) is 23.7 Å². The quantitative estimate of drug-likeness (QED) is 0.201. The van der Waals surface area contributed by atoms with Gasteiger partial charge in [0.25, 0.3) is 15.8 Å². The van der Waals surface area contributed by atoms with Crippen molar-refractivity contribution < 1.29 is 22.6 Å². The Bertz CT molecular complexity index is 1590. The average Bonchev–Trinajstić information content (AvgIpc) is 2.81. The van der Waals surface area contributed by atoms with E-state index in [1.54, 1.807) is 30.3 Å². The maximum atomic E-state index is 11.8. The number of nitro benzene ring substituents is 1. The molecule has 0 spiro atoms. The molecule has 0 radical (unpaired) electrons. The van der Waals surface area contributed by atoms with Crippen LogP contribution in [-0.4, -0.2) is 22.9 Å². The monoisotopic (exact) mass is 496 g/mol. The van der Waals surface area contributed by atoms with Gasteiger partial charge < -0.3 is 10.1 Å². The van der Waals surface area contributed by atoms with Gasteiger partial charge in [0.1, 0.15) is 21.7 Å². The van der Waals surface area contributed by atoms with Crippen molar-refractivity contribution in [1.29, 1.82) is 5.26 Å². The normalized spacial score (nSPS) is 11.1. The van der Waals surface area contributed by atoms with Gasteiger partial charge in [-0.1, -0.05) is 29.8 Å². The van der Waals surface area contributed by atoms with Crippen LogP contribution in [0.25, 0.3) is 10.9 Å². The first-order valence-corrected chi connectivity index (χ1v) is 11.3. The molecule has 0 unspecified atom stereocenters. The molecule has 1 aromatic heterocycles. The Balaban J connectivity index is 1.93. The van der Waals surface area contributed by atoms with Crippen LogP contribution in [-0.2, 0) is 10.1 Å². The SMILES string of the molecule is N#Cc1cnc2ccc([N+](=O)[O-])cc2c1Nc1ccc(S(=O)(=O)O)c(Cl)c1Oc1ccccc1. The van der Waals surface area contributed by atoms with Crippen LogP contribution in [0.2, 0.25) is 5.02 Å². The lowest BCUT2D eigenvalue weighted by Crippen LogP contribution is -2.04. The molecule has 12 heteroatoms. The Morgan fingerprint density at radius 2 is 1.88 bits per heavy atom. The molecule has 3 aromatic carbocycles. The number of pyridine rings is 1. The number of rotatable bonds is 6. The van der Waals surface area contributed by atoms with Gasteiger partial charge >= 0.3 is 0 Å². The number of nitrogens with zero attached hydrogens (tertiary/aromatic N) is 3. The van der Waals surface area contributed by atoms with Crippen LogP contribution in [0.5, 0.6) is 11.5 Å². The number of hydrogen-bond acceptors (Lipinski definition) is 8. The van der Waals surface area contributed by atoms with E-state index in [4.69, 9.17) is 16.3 Å². The molecule has 34 heavy (non-hydrogen) atoms. The van der Waals surface area contributed by atoms with Gasteiger partial charge in [-0.2, -0.15) is 13.7 Å². The molecule has 0 amide bonds. The maximum absolute atomic E-state index is 11.8. The van der Waals surface area contributed by atoms with Gasteiger partial charge in [-0.25, -0.2) is 0 Å². The molecule has 0 atom stereocenters. The van der Waals surface area contributed by atoms with E-state index in [9.17, 15) is 28.3 Å². The molecule has 1 heterocycles. The highest BCUT2D eigenvalue weighted by atomic mass is 35.5. The third-order valence-electron chi connectivity index (χ3n) is 4.75. The summed E-state index contributed by atoms with van der Waals surface area (Å²) >= 11 is 6.30. The summed E-state index contributed by atoms with van der Waals surface area (Å²) < 4.78 is 38.9. The van der Waals surface area contributed by atoms with E-state index in [1.807, 2.05) is 6.07 Å². The summed E-state index contributed by atoms with van der Waals surface area (Å²) in [5, 5.41) is 23.7. The van der Waals surface area contributed by atoms with Gasteiger partial charge in [-0.3, -0.25) is 19.7 Å². The van der Waals surface area contributed by atoms with Crippen LogP contribution in [0, 0.1) is 21.4 Å². The number of non-ortho nitro benzene ring substituents is 1. The second-order valence-electron chi connectivity index (χ2n) is 6.89. The van der Waals surface area contributed by atoms with Crippen LogP contribution in [0.15, 0.2) is 71.8 Å². The van der Waals surface area contributed by atoms with Gasteiger partial charge in [-0.05, 0) is 30.3 Å². The molecule has 4 aromatic rings. The minimum atomic E-state index is -4.68. The van der Waals surface area contributed by atoms with E-state index in [1.165, 1.54) is 30.5 Å². The fraction of sp³-hybridized carbons (Fsp3) is 0. The third kappa shape index (κ3) is 4.46. The van der Waals surface area contributed by atoms with E-state index in [0.717, 1.165) is 6.07 Å². The Morgan fingerprint density at radius 1 is 1.15 bits per heavy atom. The molecular formula is C22H13ClN4O6S. The molecule has 0 aliphatic rings. The van der Waals surface area contributed by atoms with Crippen LogP contribution < -0.4 is 10.1 Å². The molecule has 0 bridgehead atoms. The van der Waals surface area contributed by atoms with Gasteiger partial charge in [0.2, 0.25) is 0 Å². The third-order valence-corrected chi connectivity index (χ3v) is 6.13. The lowest BCUT2D eigenvalue weighted by molar-refractivity contribution is -0.384. The molecule has 10 nitrogen and oxygen atoms in total. The Hall–Kier alpha value is -4.24. The first-order valence-electron chi connectivity index (χ1n) is 9.46. The van der Waals surface area contributed by atoms with Crippen LogP contribution in [0.1, 0.15) is 5.56 Å². The summed E-state index contributed by atoms with van der Waals surface area (Å²) in [7, 11) is -4.68.